The van der Waals surface area contributed by atoms with Crippen molar-refractivity contribution in [3.8, 4) is 0 Å². The molecule has 0 aliphatic rings. The van der Waals surface area contributed by atoms with Gasteiger partial charge in [0.05, 0.1) is 42.3 Å². The number of quaternary nitrogens is 2. The monoisotopic (exact) mass is 228 g/mol. The Morgan fingerprint density at radius 2 is 1.62 bits per heavy atom. The highest BCUT2D eigenvalue weighted by atomic mass is 16.5. The SMILES string of the molecule is C[N+](C)(C)c1noc([N+](C)(C)C)c1C(N)=O. The second kappa shape index (κ2) is 3.57. The Morgan fingerprint density at radius 3 is 1.94 bits per heavy atom. The molecule has 0 atom stereocenters. The van der Waals surface area contributed by atoms with E-state index in [9.17, 15) is 4.79 Å². The predicted octanol–water partition coefficient (Wildman–Crippen LogP) is 0.167. The molecule has 0 aromatic carbocycles. The Morgan fingerprint density at radius 1 is 1.12 bits per heavy atom. The van der Waals surface area contributed by atoms with E-state index in [-0.39, 0.29) is 0 Å². The van der Waals surface area contributed by atoms with Gasteiger partial charge >= 0.3 is 5.88 Å². The van der Waals surface area contributed by atoms with Gasteiger partial charge in [0.2, 0.25) is 5.56 Å². The predicted molar refractivity (Wildman–Crippen MR) is 64.2 cm³/mol. The highest BCUT2D eigenvalue weighted by Crippen LogP contribution is 2.32. The van der Waals surface area contributed by atoms with Crippen molar-refractivity contribution >= 4 is 17.6 Å². The summed E-state index contributed by atoms with van der Waals surface area (Å²) in [4.78, 5) is 11.5. The van der Waals surface area contributed by atoms with E-state index < -0.39 is 5.91 Å². The van der Waals surface area contributed by atoms with Gasteiger partial charge in [0, 0.05) is 0 Å². The summed E-state index contributed by atoms with van der Waals surface area (Å²) in [5.41, 5.74) is 5.77. The number of carbonyl (C=O) groups excluding carboxylic acids is 1. The van der Waals surface area contributed by atoms with Gasteiger partial charge in [-0.15, -0.1) is 0 Å². The third-order valence-electron chi connectivity index (χ3n) is 2.15. The van der Waals surface area contributed by atoms with Crippen LogP contribution in [-0.2, 0) is 0 Å². The van der Waals surface area contributed by atoms with Crippen LogP contribution in [0.3, 0.4) is 0 Å². The number of hydrogen-bond donors (Lipinski definition) is 1. The first-order chi connectivity index (χ1) is 7.05. The van der Waals surface area contributed by atoms with Crippen LogP contribution in [0.2, 0.25) is 0 Å². The number of nitrogens with zero attached hydrogens (tertiary/aromatic N) is 3. The fourth-order valence-corrected chi connectivity index (χ4v) is 1.40. The van der Waals surface area contributed by atoms with Gasteiger partial charge in [0.15, 0.2) is 0 Å². The fourth-order valence-electron chi connectivity index (χ4n) is 1.40. The molecule has 0 aliphatic carbocycles. The van der Waals surface area contributed by atoms with Crippen molar-refractivity contribution in [1.29, 1.82) is 0 Å². The van der Waals surface area contributed by atoms with E-state index in [0.29, 0.717) is 26.2 Å². The lowest BCUT2D eigenvalue weighted by molar-refractivity contribution is 0.0997. The third kappa shape index (κ3) is 2.23. The van der Waals surface area contributed by atoms with Crippen LogP contribution in [0.25, 0.3) is 0 Å². The minimum atomic E-state index is -0.507. The maximum absolute atomic E-state index is 11.5. The van der Waals surface area contributed by atoms with Crippen LogP contribution in [0.15, 0.2) is 4.52 Å². The summed E-state index contributed by atoms with van der Waals surface area (Å²) < 4.78 is 6.01. The average Bonchev–Trinajstić information content (AvgIpc) is 2.43. The second-order valence-corrected chi connectivity index (χ2v) is 5.58. The molecular weight excluding hydrogens is 208 g/mol. The topological polar surface area (TPSA) is 69.1 Å². The van der Waals surface area contributed by atoms with Crippen molar-refractivity contribution in [2.24, 2.45) is 5.73 Å². The Labute approximate surface area is 95.4 Å². The van der Waals surface area contributed by atoms with Crippen molar-refractivity contribution in [3.05, 3.63) is 5.56 Å². The molecule has 16 heavy (non-hydrogen) atoms. The van der Waals surface area contributed by atoms with Crippen molar-refractivity contribution in [3.63, 3.8) is 0 Å². The van der Waals surface area contributed by atoms with Gasteiger partial charge in [-0.2, -0.15) is 0 Å². The van der Waals surface area contributed by atoms with Crippen LogP contribution in [0.1, 0.15) is 10.4 Å². The number of hydrogen-bond acceptors (Lipinski definition) is 3. The first-order valence-electron chi connectivity index (χ1n) is 4.98. The maximum atomic E-state index is 11.5. The van der Waals surface area contributed by atoms with E-state index in [4.69, 9.17) is 10.3 Å². The minimum absolute atomic E-state index is 0.366. The van der Waals surface area contributed by atoms with Gasteiger partial charge in [-0.25, -0.2) is 0 Å². The molecule has 0 spiro atoms. The number of primary amides is 1. The summed E-state index contributed by atoms with van der Waals surface area (Å²) in [7, 11) is 11.4. The second-order valence-electron chi connectivity index (χ2n) is 5.58. The summed E-state index contributed by atoms with van der Waals surface area (Å²) in [6, 6.07) is 0. The standard InChI is InChI=1S/C10H19N4O2/c1-13(2,3)9-7(8(11)15)10(16-12-9)14(4,5)6/h1-6H3,(H-,11,15)/q+1/p+1. The van der Waals surface area contributed by atoms with Crippen LogP contribution in [0, 0.1) is 0 Å². The Bertz CT molecular complexity index is 378. The lowest BCUT2D eigenvalue weighted by Gasteiger charge is -2.21. The molecule has 1 aromatic rings. The van der Waals surface area contributed by atoms with Gasteiger partial charge in [-0.1, -0.05) is 0 Å². The van der Waals surface area contributed by atoms with E-state index in [0.717, 1.165) is 0 Å². The van der Waals surface area contributed by atoms with Crippen LogP contribution in [0.4, 0.5) is 11.7 Å². The largest absolute Gasteiger partial charge is 0.365 e. The molecule has 6 nitrogen and oxygen atoms in total. The summed E-state index contributed by atoms with van der Waals surface area (Å²) in [6.07, 6.45) is 0. The zero-order chi connectivity index (χ0) is 12.7. The molecule has 2 N–H and O–H groups in total. The molecule has 6 heteroatoms. The Hall–Kier alpha value is -1.40. The van der Waals surface area contributed by atoms with Gasteiger partial charge in [-0.3, -0.25) is 18.3 Å². The molecule has 0 bridgehead atoms. The first kappa shape index (κ1) is 12.7. The van der Waals surface area contributed by atoms with Crippen molar-refractivity contribution in [2.75, 3.05) is 42.3 Å². The Kier molecular flexibility index (Phi) is 2.82. The smallest absolute Gasteiger partial charge is 0.341 e. The maximum Gasteiger partial charge on any atom is 0.341 e. The number of carbonyl (C=O) groups is 1. The summed E-state index contributed by atoms with van der Waals surface area (Å²) >= 11 is 0. The van der Waals surface area contributed by atoms with Gasteiger partial charge in [0.25, 0.3) is 11.7 Å². The fraction of sp³-hybridized carbons (Fsp3) is 0.600. The van der Waals surface area contributed by atoms with Crippen molar-refractivity contribution in [2.45, 2.75) is 0 Å². The summed E-state index contributed by atoms with van der Waals surface area (Å²) in [5, 5.41) is 3.96. The molecular formula is C10H20N4O2+2. The molecule has 0 unspecified atom stereocenters. The highest BCUT2D eigenvalue weighted by Gasteiger charge is 2.37. The number of aromatic nitrogens is 1. The molecule has 0 radical (unpaired) electrons. The zero-order valence-corrected chi connectivity index (χ0v) is 10.7. The number of amides is 1. The quantitative estimate of drug-likeness (QED) is 0.750. The number of rotatable bonds is 3. The van der Waals surface area contributed by atoms with E-state index >= 15 is 0 Å². The molecule has 0 saturated carbocycles. The zero-order valence-electron chi connectivity index (χ0n) is 10.7. The molecule has 1 rings (SSSR count). The van der Waals surface area contributed by atoms with E-state index in [2.05, 4.69) is 5.16 Å². The van der Waals surface area contributed by atoms with Crippen LogP contribution < -0.4 is 14.7 Å². The van der Waals surface area contributed by atoms with Gasteiger partial charge < -0.3 is 5.73 Å². The Balaban J connectivity index is 3.47. The molecule has 1 amide bonds. The molecule has 1 aromatic heterocycles. The lowest BCUT2D eigenvalue weighted by Crippen LogP contribution is -2.39. The molecule has 0 fully saturated rings. The molecule has 0 saturated heterocycles. The first-order valence-corrected chi connectivity index (χ1v) is 4.98. The van der Waals surface area contributed by atoms with Crippen molar-refractivity contribution in [1.82, 2.24) is 14.1 Å². The molecule has 90 valence electrons. The van der Waals surface area contributed by atoms with Gasteiger partial charge in [-0.05, 0) is 5.16 Å². The van der Waals surface area contributed by atoms with Crippen molar-refractivity contribution < 1.29 is 9.32 Å². The van der Waals surface area contributed by atoms with Gasteiger partial charge in [0.1, 0.15) is 0 Å². The average molecular weight is 228 g/mol. The van der Waals surface area contributed by atoms with E-state index in [1.807, 2.05) is 42.3 Å². The number of nitrogens with two attached hydrogens (primary N) is 1. The molecule has 1 heterocycles. The summed E-state index contributed by atoms with van der Waals surface area (Å²) in [6.45, 7) is 0. The lowest BCUT2D eigenvalue weighted by atomic mass is 10.2. The van der Waals surface area contributed by atoms with E-state index in [1.165, 1.54) is 0 Å². The highest BCUT2D eigenvalue weighted by molar-refractivity contribution is 6.01. The van der Waals surface area contributed by atoms with Crippen LogP contribution in [-0.4, -0.2) is 53.3 Å². The third-order valence-corrected chi connectivity index (χ3v) is 2.15. The normalized spacial score (nSPS) is 12.9. The van der Waals surface area contributed by atoms with Crippen LogP contribution >= 0.6 is 0 Å². The summed E-state index contributed by atoms with van der Waals surface area (Å²) in [5.74, 6) is 0.526. The minimum Gasteiger partial charge on any atom is -0.365 e. The van der Waals surface area contributed by atoms with E-state index in [1.54, 1.807) is 0 Å². The van der Waals surface area contributed by atoms with Crippen LogP contribution in [0.5, 0.6) is 0 Å². The molecule has 0 aliphatic heterocycles.